The number of anilines is 1. The Balaban J connectivity index is 1.75. The molecule has 0 fully saturated rings. The number of rotatable bonds is 8. The molecule has 12 nitrogen and oxygen atoms in total. The normalized spacial score (nSPS) is 17.7. The van der Waals surface area contributed by atoms with Crippen molar-refractivity contribution in [3.63, 3.8) is 0 Å². The van der Waals surface area contributed by atoms with E-state index >= 15 is 26.3 Å². The van der Waals surface area contributed by atoms with Gasteiger partial charge in [-0.15, -0.1) is 10.2 Å². The van der Waals surface area contributed by atoms with Crippen LogP contribution in [0.15, 0.2) is 83.3 Å². The summed E-state index contributed by atoms with van der Waals surface area (Å²) in [6.07, 6.45) is -13.0. The molecule has 59 heavy (non-hydrogen) atoms. The summed E-state index contributed by atoms with van der Waals surface area (Å²) in [5, 5.41) is 7.48. The van der Waals surface area contributed by atoms with E-state index in [1.807, 2.05) is 0 Å². The molecule has 4 aromatic rings. The highest BCUT2D eigenvalue weighted by Crippen LogP contribution is 2.48. The van der Waals surface area contributed by atoms with E-state index in [0.29, 0.717) is 11.6 Å². The number of imide groups is 1. The van der Waals surface area contributed by atoms with E-state index in [-0.39, 0.29) is 31.0 Å². The molecule has 0 aliphatic carbocycles. The van der Waals surface area contributed by atoms with Crippen LogP contribution in [0.3, 0.4) is 0 Å². The second-order valence-corrected chi connectivity index (χ2v) is 15.5. The molecule has 18 heteroatoms. The van der Waals surface area contributed by atoms with Crippen LogP contribution in [0.4, 0.5) is 41.6 Å². The van der Waals surface area contributed by atoms with E-state index in [1.165, 1.54) is 53.7 Å². The zero-order valence-electron chi connectivity index (χ0n) is 33.1. The third kappa shape index (κ3) is 11.6. The van der Waals surface area contributed by atoms with Crippen molar-refractivity contribution in [2.24, 2.45) is 0 Å². The number of aromatic nitrogens is 3. The van der Waals surface area contributed by atoms with Gasteiger partial charge >= 0.3 is 24.5 Å². The summed E-state index contributed by atoms with van der Waals surface area (Å²) < 4.78 is 125. The number of halogens is 6. The number of carbonyl (C=O) groups excluding carboxylic acids is 2. The summed E-state index contributed by atoms with van der Waals surface area (Å²) in [5.41, 5.74) is -8.16. The fraction of sp³-hybridized carbons (Fsp3) is 0.439. The van der Waals surface area contributed by atoms with Gasteiger partial charge < -0.3 is 28.1 Å². The van der Waals surface area contributed by atoms with Gasteiger partial charge in [0.1, 0.15) is 22.9 Å². The minimum Gasteiger partial charge on any atom is -0.471 e. The average molecular weight is 835 g/mol. The van der Waals surface area contributed by atoms with E-state index < -0.39 is 95.1 Å². The maximum atomic E-state index is 15.4. The molecule has 0 spiro atoms. The van der Waals surface area contributed by atoms with Crippen molar-refractivity contribution in [2.45, 2.75) is 109 Å². The maximum absolute atomic E-state index is 15.4. The van der Waals surface area contributed by atoms with Gasteiger partial charge in [-0.1, -0.05) is 72.8 Å². The van der Waals surface area contributed by atoms with Gasteiger partial charge in [0.2, 0.25) is 11.5 Å². The second kappa shape index (κ2) is 17.8. The molecule has 1 aliphatic rings. The largest absolute Gasteiger partial charge is 0.471 e. The van der Waals surface area contributed by atoms with Gasteiger partial charge in [0, 0.05) is 6.42 Å². The van der Waals surface area contributed by atoms with E-state index in [9.17, 15) is 9.59 Å². The smallest absolute Gasteiger partial charge is 0.426 e. The molecule has 0 unspecified atom stereocenters. The molecule has 2 amide bonds. The highest BCUT2D eigenvalue weighted by Gasteiger charge is 2.61. The Hall–Kier alpha value is -5.49. The minimum atomic E-state index is -5.25. The van der Waals surface area contributed by atoms with Crippen LogP contribution in [-0.2, 0) is 43.9 Å². The van der Waals surface area contributed by atoms with Gasteiger partial charge in [-0.3, -0.25) is 0 Å². The predicted molar refractivity (Wildman–Crippen MR) is 200 cm³/mol. The highest BCUT2D eigenvalue weighted by atomic mass is 19.4. The van der Waals surface area contributed by atoms with E-state index in [0.717, 1.165) is 5.56 Å². The topological polar surface area (TPSA) is 135 Å². The standard InChI is InChI=1S/C41H44F6N4O8/c1-37(2,3)58-35(52)51(36(53)59-38(4,5)6)30-22-29(40(42,43)44)32-48-31(30)33-49-50-34(57-33)39(41(45,46)47,55-24-27-18-12-8-13-19-27)21-15-9-14-20-28(56-32)25-54-23-26-16-10-7-11-17-26/h7-14,16-19,22,28H,15,20-21,23-25H2,1-6H3/t28-,39+/m0/s1. The first-order chi connectivity index (χ1) is 27.6. The molecule has 1 aliphatic heterocycles. The molecule has 318 valence electrons. The lowest BCUT2D eigenvalue weighted by Gasteiger charge is -2.32. The zero-order valence-corrected chi connectivity index (χ0v) is 33.1. The van der Waals surface area contributed by atoms with Gasteiger partial charge in [-0.05, 0) is 71.6 Å². The van der Waals surface area contributed by atoms with Gasteiger partial charge in [0.25, 0.3) is 11.8 Å². The van der Waals surface area contributed by atoms with Crippen LogP contribution in [0.2, 0.25) is 0 Å². The Kier molecular flexibility index (Phi) is 13.4. The predicted octanol–water partition coefficient (Wildman–Crippen LogP) is 10.5. The SMILES string of the molecule is CC(C)(C)OC(=O)N(C(=O)OC(C)(C)C)c1cc(C(F)(F)F)c2nc1-c1nnc(o1)[C@@](OCc1ccccc1)(C(F)(F)F)CCC=CC[C@@H](COCc1ccccc1)O2. The molecule has 3 heterocycles. The molecule has 2 aromatic carbocycles. The number of allylic oxidation sites excluding steroid dienone is 1. The molecular weight excluding hydrogens is 790 g/mol. The maximum Gasteiger partial charge on any atom is 0.426 e. The van der Waals surface area contributed by atoms with E-state index in [1.54, 1.807) is 60.7 Å². The number of amides is 2. The summed E-state index contributed by atoms with van der Waals surface area (Å²) in [4.78, 5) is 31.8. The quantitative estimate of drug-likeness (QED) is 0.124. The third-order valence-electron chi connectivity index (χ3n) is 8.35. The Morgan fingerprint density at radius 1 is 0.814 bits per heavy atom. The van der Waals surface area contributed by atoms with Crippen molar-refractivity contribution in [1.82, 2.24) is 15.2 Å². The third-order valence-corrected chi connectivity index (χ3v) is 8.35. The number of nitrogens with zero attached hydrogens (tertiary/aromatic N) is 4. The number of ether oxygens (including phenoxy) is 5. The van der Waals surface area contributed by atoms with Crippen LogP contribution in [0.25, 0.3) is 11.6 Å². The number of fused-ring (bicyclic) bond motifs is 5. The summed E-state index contributed by atoms with van der Waals surface area (Å²) in [7, 11) is 0. The summed E-state index contributed by atoms with van der Waals surface area (Å²) in [5.74, 6) is -3.14. The Bertz CT molecular complexity index is 2050. The number of alkyl halides is 6. The molecule has 5 rings (SSSR count). The Morgan fingerprint density at radius 2 is 1.39 bits per heavy atom. The van der Waals surface area contributed by atoms with Crippen molar-refractivity contribution >= 4 is 17.9 Å². The molecule has 2 atom stereocenters. The molecule has 0 saturated carbocycles. The van der Waals surface area contributed by atoms with E-state index in [2.05, 4.69) is 15.2 Å². The molecule has 2 aromatic heterocycles. The molecular formula is C41H44F6N4O8. The Labute approximate surface area is 336 Å². The fourth-order valence-corrected chi connectivity index (χ4v) is 5.68. The van der Waals surface area contributed by atoms with Crippen LogP contribution in [0.1, 0.15) is 83.4 Å². The second-order valence-electron chi connectivity index (χ2n) is 15.5. The van der Waals surface area contributed by atoms with Gasteiger partial charge in [0.15, 0.2) is 5.69 Å². The lowest BCUT2D eigenvalue weighted by Crippen LogP contribution is -2.45. The number of benzene rings is 2. The number of hydrogen-bond acceptors (Lipinski definition) is 11. The van der Waals surface area contributed by atoms with Gasteiger partial charge in [-0.2, -0.15) is 31.2 Å². The van der Waals surface area contributed by atoms with E-state index in [4.69, 9.17) is 28.1 Å². The van der Waals surface area contributed by atoms with Gasteiger partial charge in [-0.25, -0.2) is 14.6 Å². The average Bonchev–Trinajstić information content (AvgIpc) is 3.61. The van der Waals surface area contributed by atoms with Crippen molar-refractivity contribution in [3.05, 3.63) is 101 Å². The first-order valence-corrected chi connectivity index (χ1v) is 18.5. The van der Waals surface area contributed by atoms with Crippen LogP contribution in [0, 0.1) is 0 Å². The number of pyridine rings is 1. The van der Waals surface area contributed by atoms with Crippen LogP contribution < -0.4 is 9.64 Å². The number of hydrogen-bond donors (Lipinski definition) is 0. The first-order valence-electron chi connectivity index (χ1n) is 18.5. The molecule has 0 saturated heterocycles. The molecule has 0 radical (unpaired) electrons. The Morgan fingerprint density at radius 3 is 1.93 bits per heavy atom. The molecule has 4 bridgehead atoms. The van der Waals surface area contributed by atoms with Crippen molar-refractivity contribution in [2.75, 3.05) is 11.5 Å². The fourth-order valence-electron chi connectivity index (χ4n) is 5.68. The summed E-state index contributed by atoms with van der Waals surface area (Å²) >= 11 is 0. The van der Waals surface area contributed by atoms with Crippen molar-refractivity contribution < 1.29 is 64.0 Å². The first kappa shape index (κ1) is 44.6. The van der Waals surface area contributed by atoms with Crippen LogP contribution in [0.5, 0.6) is 5.88 Å². The minimum absolute atomic E-state index is 0.0481. The highest BCUT2D eigenvalue weighted by molar-refractivity contribution is 6.11. The van der Waals surface area contributed by atoms with Gasteiger partial charge in [0.05, 0.1) is 25.5 Å². The van der Waals surface area contributed by atoms with Crippen molar-refractivity contribution in [1.29, 1.82) is 0 Å². The summed E-state index contributed by atoms with van der Waals surface area (Å²) in [6, 6.07) is 17.2. The molecule has 0 N–H and O–H groups in total. The zero-order chi connectivity index (χ0) is 43.2. The van der Waals surface area contributed by atoms with Crippen molar-refractivity contribution in [3.8, 4) is 17.5 Å². The lowest BCUT2D eigenvalue weighted by molar-refractivity contribution is -0.299. The monoisotopic (exact) mass is 834 g/mol. The number of carbonyl (C=O) groups is 2. The van der Waals surface area contributed by atoms with Crippen LogP contribution in [-0.4, -0.2) is 57.5 Å². The lowest BCUT2D eigenvalue weighted by atomic mass is 9.95. The summed E-state index contributed by atoms with van der Waals surface area (Å²) in [6.45, 7) is 7.80. The van der Waals surface area contributed by atoms with Crippen LogP contribution >= 0.6 is 0 Å².